The lowest BCUT2D eigenvalue weighted by Crippen LogP contribution is -2.48. The second-order valence-electron chi connectivity index (χ2n) is 18.9. The van der Waals surface area contributed by atoms with Crippen molar-refractivity contribution >= 4 is 22.7 Å². The summed E-state index contributed by atoms with van der Waals surface area (Å²) in [7, 11) is 0. The van der Waals surface area contributed by atoms with E-state index in [4.69, 9.17) is 0 Å². The first kappa shape index (κ1) is 33.3. The fourth-order valence-corrected chi connectivity index (χ4v) is 12.6. The molecule has 4 atom stereocenters. The Morgan fingerprint density at radius 2 is 0.745 bits per heavy atom. The molecule has 0 aromatic heterocycles. The molecule has 0 saturated heterocycles. The van der Waals surface area contributed by atoms with Crippen molar-refractivity contribution in [3.63, 3.8) is 0 Å². The molecule has 0 amide bonds. The van der Waals surface area contributed by atoms with Gasteiger partial charge in [-0.1, -0.05) is 113 Å². The van der Waals surface area contributed by atoms with E-state index in [1.54, 1.807) is 0 Å². The van der Waals surface area contributed by atoms with E-state index in [1.165, 1.54) is 117 Å². The molecular formula is C53H52N2. The van der Waals surface area contributed by atoms with Gasteiger partial charge < -0.3 is 9.80 Å². The van der Waals surface area contributed by atoms with E-state index < -0.39 is 0 Å². The summed E-state index contributed by atoms with van der Waals surface area (Å²) in [6.07, 6.45) is 7.42. The molecule has 2 nitrogen and oxygen atoms in total. The molecule has 2 heteroatoms. The van der Waals surface area contributed by atoms with Crippen LogP contribution >= 0.6 is 0 Å². The Bertz CT molecular complexity index is 2370. The van der Waals surface area contributed by atoms with Gasteiger partial charge in [0.2, 0.25) is 0 Å². The number of benzene rings is 6. The summed E-state index contributed by atoms with van der Waals surface area (Å²) in [5.74, 6) is 0. The van der Waals surface area contributed by atoms with E-state index in [-0.39, 0.29) is 27.3 Å². The Labute approximate surface area is 327 Å². The van der Waals surface area contributed by atoms with E-state index in [0.717, 1.165) is 0 Å². The van der Waals surface area contributed by atoms with Gasteiger partial charge in [0.1, 0.15) is 0 Å². The number of para-hydroxylation sites is 2. The van der Waals surface area contributed by atoms with Gasteiger partial charge in [-0.3, -0.25) is 0 Å². The zero-order chi connectivity index (χ0) is 37.5. The largest absolute Gasteiger partial charge is 0.334 e. The van der Waals surface area contributed by atoms with Gasteiger partial charge in [-0.15, -0.1) is 0 Å². The molecule has 6 aromatic rings. The van der Waals surface area contributed by atoms with Crippen LogP contribution in [0.4, 0.5) is 22.7 Å². The SMILES string of the molecule is CC1(C)c2cc(-c3ccc4c(c3)C3(C)CCCC3(C)N4c3ccccc3)ccc2-c2ccc(-c3ccc4c(c3)C3(C)CCCC3(C)N4c3ccccc3)cc21. The summed E-state index contributed by atoms with van der Waals surface area (Å²) in [5, 5.41) is 0. The minimum atomic E-state index is -0.107. The molecule has 2 aliphatic heterocycles. The molecule has 0 bridgehead atoms. The maximum Gasteiger partial charge on any atom is 0.0517 e. The van der Waals surface area contributed by atoms with Gasteiger partial charge in [-0.2, -0.15) is 0 Å². The Balaban J connectivity index is 0.960. The highest BCUT2D eigenvalue weighted by molar-refractivity contribution is 5.88. The highest BCUT2D eigenvalue weighted by Crippen LogP contribution is 2.64. The maximum absolute atomic E-state index is 2.66. The Hall–Kier alpha value is -5.08. The number of rotatable bonds is 4. The Kier molecular flexibility index (Phi) is 6.67. The number of nitrogens with zero attached hydrogens (tertiary/aromatic N) is 2. The molecule has 0 radical (unpaired) electrons. The lowest BCUT2D eigenvalue weighted by Gasteiger charge is -2.42. The molecule has 0 spiro atoms. The van der Waals surface area contributed by atoms with Gasteiger partial charge in [0, 0.05) is 39.0 Å². The predicted octanol–water partition coefficient (Wildman–Crippen LogP) is 14.0. The molecule has 2 fully saturated rings. The number of anilines is 4. The van der Waals surface area contributed by atoms with E-state index in [9.17, 15) is 0 Å². The summed E-state index contributed by atoms with van der Waals surface area (Å²) in [6.45, 7) is 14.9. The minimum absolute atomic E-state index is 0.0726. The second-order valence-corrected chi connectivity index (χ2v) is 18.9. The summed E-state index contributed by atoms with van der Waals surface area (Å²) >= 11 is 0. The summed E-state index contributed by atoms with van der Waals surface area (Å²) in [4.78, 5) is 5.32. The first-order valence-corrected chi connectivity index (χ1v) is 20.8. The van der Waals surface area contributed by atoms with Crippen LogP contribution in [0.3, 0.4) is 0 Å². The summed E-state index contributed by atoms with van der Waals surface area (Å²) in [6, 6.07) is 51.3. The number of fused-ring (bicyclic) bond motifs is 9. The monoisotopic (exact) mass is 716 g/mol. The second kappa shape index (κ2) is 11.0. The molecule has 274 valence electrons. The van der Waals surface area contributed by atoms with Crippen molar-refractivity contribution in [2.24, 2.45) is 0 Å². The molecule has 0 N–H and O–H groups in total. The third-order valence-electron chi connectivity index (χ3n) is 16.1. The van der Waals surface area contributed by atoms with Crippen molar-refractivity contribution < 1.29 is 0 Å². The molecular weight excluding hydrogens is 665 g/mol. The van der Waals surface area contributed by atoms with Crippen LogP contribution in [-0.4, -0.2) is 11.1 Å². The van der Waals surface area contributed by atoms with Gasteiger partial charge in [0.05, 0.1) is 11.1 Å². The van der Waals surface area contributed by atoms with Crippen LogP contribution in [0.15, 0.2) is 133 Å². The third-order valence-corrected chi connectivity index (χ3v) is 16.1. The molecule has 55 heavy (non-hydrogen) atoms. The van der Waals surface area contributed by atoms with E-state index >= 15 is 0 Å². The zero-order valence-corrected chi connectivity index (χ0v) is 33.3. The van der Waals surface area contributed by atoms with Gasteiger partial charge in [0.25, 0.3) is 0 Å². The van der Waals surface area contributed by atoms with E-state index in [2.05, 4.69) is 185 Å². The van der Waals surface area contributed by atoms with Crippen molar-refractivity contribution in [1.29, 1.82) is 0 Å². The average molecular weight is 717 g/mol. The van der Waals surface area contributed by atoms with Gasteiger partial charge in [-0.05, 0) is 156 Å². The van der Waals surface area contributed by atoms with Crippen LogP contribution in [0.2, 0.25) is 0 Å². The average Bonchev–Trinajstić information content (AvgIpc) is 3.87. The van der Waals surface area contributed by atoms with Crippen LogP contribution in [0, 0.1) is 0 Å². The lowest BCUT2D eigenvalue weighted by molar-refractivity contribution is 0.330. The molecule has 5 aliphatic rings. The topological polar surface area (TPSA) is 6.48 Å². The molecule has 4 unspecified atom stereocenters. The standard InChI is InChI=1S/C53H52N2/c1-49(2)43-31-35(37-21-25-47-45(33-37)50(3)27-13-29-52(50,5)54(47)39-15-9-7-10-16-39)19-23-41(43)42-24-20-36(32-44(42)49)38-22-26-48-46(34-38)51(4)28-14-30-53(51,6)55(48)40-17-11-8-12-18-40/h7-12,15-26,31-34H,13-14,27-30H2,1-6H3. The first-order chi connectivity index (χ1) is 26.5. The van der Waals surface area contributed by atoms with Crippen molar-refractivity contribution in [2.45, 2.75) is 107 Å². The predicted molar refractivity (Wildman–Crippen MR) is 231 cm³/mol. The maximum atomic E-state index is 2.66. The molecule has 6 aromatic carbocycles. The van der Waals surface area contributed by atoms with Crippen molar-refractivity contribution in [3.8, 4) is 33.4 Å². The van der Waals surface area contributed by atoms with Crippen LogP contribution in [0.5, 0.6) is 0 Å². The normalized spacial score (nSPS) is 27.7. The van der Waals surface area contributed by atoms with Crippen LogP contribution in [0.1, 0.15) is 102 Å². The Morgan fingerprint density at radius 3 is 1.15 bits per heavy atom. The minimum Gasteiger partial charge on any atom is -0.334 e. The Morgan fingerprint density at radius 1 is 0.382 bits per heavy atom. The zero-order valence-electron chi connectivity index (χ0n) is 33.3. The van der Waals surface area contributed by atoms with E-state index in [0.29, 0.717) is 0 Å². The first-order valence-electron chi connectivity index (χ1n) is 20.8. The highest BCUT2D eigenvalue weighted by Gasteiger charge is 2.60. The van der Waals surface area contributed by atoms with Crippen molar-refractivity contribution in [1.82, 2.24) is 0 Å². The molecule has 11 rings (SSSR count). The summed E-state index contributed by atoms with van der Waals surface area (Å²) < 4.78 is 0. The highest BCUT2D eigenvalue weighted by atomic mass is 15.3. The fraction of sp³-hybridized carbons (Fsp3) is 0.321. The number of hydrogen-bond acceptors (Lipinski definition) is 2. The molecule has 2 saturated carbocycles. The quantitative estimate of drug-likeness (QED) is 0.179. The smallest absolute Gasteiger partial charge is 0.0517 e. The molecule has 2 heterocycles. The third kappa shape index (κ3) is 4.16. The van der Waals surface area contributed by atoms with Crippen LogP contribution in [0.25, 0.3) is 33.4 Å². The lowest BCUT2D eigenvalue weighted by atomic mass is 9.71. The van der Waals surface area contributed by atoms with Crippen LogP contribution < -0.4 is 9.80 Å². The van der Waals surface area contributed by atoms with Crippen molar-refractivity contribution in [3.05, 3.63) is 156 Å². The van der Waals surface area contributed by atoms with Gasteiger partial charge in [0.15, 0.2) is 0 Å². The fourth-order valence-electron chi connectivity index (χ4n) is 12.6. The van der Waals surface area contributed by atoms with Gasteiger partial charge >= 0.3 is 0 Å². The summed E-state index contributed by atoms with van der Waals surface area (Å²) in [5.41, 5.74) is 19.6. The van der Waals surface area contributed by atoms with E-state index in [1.807, 2.05) is 0 Å². The molecule has 3 aliphatic carbocycles. The van der Waals surface area contributed by atoms with Gasteiger partial charge in [-0.25, -0.2) is 0 Å². The van der Waals surface area contributed by atoms with Crippen molar-refractivity contribution in [2.75, 3.05) is 9.80 Å². The number of hydrogen-bond donors (Lipinski definition) is 0. The van der Waals surface area contributed by atoms with Crippen LogP contribution in [-0.2, 0) is 16.2 Å².